The second-order valence-corrected chi connectivity index (χ2v) is 12.1. The highest BCUT2D eigenvalue weighted by atomic mass is 35.5. The lowest BCUT2D eigenvalue weighted by Crippen LogP contribution is -2.45. The summed E-state index contributed by atoms with van der Waals surface area (Å²) in [6.07, 6.45) is -5.93. The fourth-order valence-electron chi connectivity index (χ4n) is 4.75. The van der Waals surface area contributed by atoms with Gasteiger partial charge >= 0.3 is 6.18 Å². The number of carbonyl (C=O) groups excluding carboxylic acids is 1. The summed E-state index contributed by atoms with van der Waals surface area (Å²) in [6, 6.07) is 9.77. The van der Waals surface area contributed by atoms with Gasteiger partial charge < -0.3 is 19.8 Å². The molecule has 14 heteroatoms. The summed E-state index contributed by atoms with van der Waals surface area (Å²) in [6.45, 7) is 0.0175. The van der Waals surface area contributed by atoms with Crippen molar-refractivity contribution in [2.75, 3.05) is 17.3 Å². The monoisotopic (exact) mass is 584 g/mol. The molecular weight excluding hydrogens is 561 g/mol. The van der Waals surface area contributed by atoms with Crippen molar-refractivity contribution >= 4 is 33.0 Å². The predicted molar refractivity (Wildman–Crippen MR) is 135 cm³/mol. The number of nitrogens with two attached hydrogens (primary N) is 1. The van der Waals surface area contributed by atoms with Gasteiger partial charge in [0.1, 0.15) is 0 Å². The standard InChI is InChI=1S/C25H24ClF3N4O5S/c26-17-4-1-14(2-5-17)12-33-19-11-16(3-6-20(19)39(35,36)13-18(30)24(33)34)23-32-31-22(38-23)10-15-7-8-37-21(9-15)25(27,28)29/h1-6,11,15,18,21H,7-10,12-13,30H2/t15?,18-,21?/m0/s1. The van der Waals surface area contributed by atoms with E-state index in [4.69, 9.17) is 26.5 Å². The summed E-state index contributed by atoms with van der Waals surface area (Å²) in [5.41, 5.74) is 7.12. The van der Waals surface area contributed by atoms with Crippen molar-refractivity contribution < 1.29 is 35.5 Å². The first kappa shape index (κ1) is 27.6. The van der Waals surface area contributed by atoms with Crippen molar-refractivity contribution in [3.8, 4) is 11.5 Å². The van der Waals surface area contributed by atoms with Crippen LogP contribution in [-0.4, -0.2) is 55.2 Å². The molecule has 2 aliphatic heterocycles. The lowest BCUT2D eigenvalue weighted by Gasteiger charge is -2.30. The van der Waals surface area contributed by atoms with Gasteiger partial charge in [-0.15, -0.1) is 10.2 Å². The van der Waals surface area contributed by atoms with Crippen molar-refractivity contribution in [2.45, 2.75) is 49.0 Å². The number of benzene rings is 2. The Bertz CT molecular complexity index is 1480. The number of anilines is 1. The van der Waals surface area contributed by atoms with E-state index in [1.54, 1.807) is 24.3 Å². The van der Waals surface area contributed by atoms with Crippen LogP contribution in [0.2, 0.25) is 5.02 Å². The zero-order valence-electron chi connectivity index (χ0n) is 20.4. The first-order valence-electron chi connectivity index (χ1n) is 12.1. The first-order valence-corrected chi connectivity index (χ1v) is 14.1. The van der Waals surface area contributed by atoms with Crippen LogP contribution < -0.4 is 10.6 Å². The zero-order valence-corrected chi connectivity index (χ0v) is 22.0. The molecule has 1 aromatic heterocycles. The van der Waals surface area contributed by atoms with Crippen molar-refractivity contribution in [3.05, 3.63) is 58.9 Å². The van der Waals surface area contributed by atoms with E-state index in [2.05, 4.69) is 10.2 Å². The maximum atomic E-state index is 13.2. The molecule has 3 heterocycles. The highest BCUT2D eigenvalue weighted by Crippen LogP contribution is 2.36. The van der Waals surface area contributed by atoms with Crippen molar-refractivity contribution in [1.29, 1.82) is 0 Å². The Morgan fingerprint density at radius 2 is 1.87 bits per heavy atom. The molecule has 5 rings (SSSR count). The normalized spacial score (nSPS) is 23.4. The topological polar surface area (TPSA) is 129 Å². The molecule has 9 nitrogen and oxygen atoms in total. The molecule has 2 aromatic carbocycles. The van der Waals surface area contributed by atoms with E-state index in [-0.39, 0.29) is 54.3 Å². The van der Waals surface area contributed by atoms with Gasteiger partial charge in [0, 0.05) is 23.6 Å². The van der Waals surface area contributed by atoms with Crippen LogP contribution in [0.25, 0.3) is 11.5 Å². The summed E-state index contributed by atoms with van der Waals surface area (Å²) in [5.74, 6) is -1.29. The molecule has 208 valence electrons. The lowest BCUT2D eigenvalue weighted by molar-refractivity contribution is -0.235. The molecule has 3 atom stereocenters. The van der Waals surface area contributed by atoms with Gasteiger partial charge in [0.2, 0.25) is 17.7 Å². The smallest absolute Gasteiger partial charge is 0.414 e. The van der Waals surface area contributed by atoms with Crippen LogP contribution in [0.3, 0.4) is 0 Å². The lowest BCUT2D eigenvalue weighted by atomic mass is 9.92. The predicted octanol–water partition coefficient (Wildman–Crippen LogP) is 3.94. The van der Waals surface area contributed by atoms with Gasteiger partial charge in [-0.3, -0.25) is 4.79 Å². The Kier molecular flexibility index (Phi) is 7.44. The van der Waals surface area contributed by atoms with Crippen LogP contribution in [0, 0.1) is 5.92 Å². The number of hydrogen-bond acceptors (Lipinski definition) is 8. The van der Waals surface area contributed by atoms with E-state index < -0.39 is 39.8 Å². The van der Waals surface area contributed by atoms with Crippen molar-refractivity contribution in [2.24, 2.45) is 11.7 Å². The molecule has 0 bridgehead atoms. The zero-order chi connectivity index (χ0) is 27.9. The molecular formula is C25H24ClF3N4O5S. The van der Waals surface area contributed by atoms with Crippen molar-refractivity contribution in [1.82, 2.24) is 10.2 Å². The average molecular weight is 585 g/mol. The molecule has 39 heavy (non-hydrogen) atoms. The summed E-state index contributed by atoms with van der Waals surface area (Å²) >= 11 is 5.97. The minimum atomic E-state index is -4.45. The van der Waals surface area contributed by atoms with E-state index in [1.807, 2.05) is 0 Å². The second-order valence-electron chi connectivity index (χ2n) is 9.62. The molecule has 0 spiro atoms. The SMILES string of the molecule is N[C@H]1CS(=O)(=O)c2ccc(-c3nnc(CC4CCOC(C(F)(F)F)C4)o3)cc2N(Cc2ccc(Cl)cc2)C1=O. The molecule has 0 aliphatic carbocycles. The minimum absolute atomic E-state index is 0.0191. The molecule has 2 aliphatic rings. The van der Waals surface area contributed by atoms with Crippen molar-refractivity contribution in [3.63, 3.8) is 0 Å². The van der Waals surface area contributed by atoms with Gasteiger partial charge in [0.05, 0.1) is 28.9 Å². The highest BCUT2D eigenvalue weighted by Gasteiger charge is 2.44. The molecule has 2 N–H and O–H groups in total. The summed E-state index contributed by atoms with van der Waals surface area (Å²) < 4.78 is 75.9. The Morgan fingerprint density at radius 3 is 2.59 bits per heavy atom. The highest BCUT2D eigenvalue weighted by molar-refractivity contribution is 7.91. The summed E-state index contributed by atoms with van der Waals surface area (Å²) in [4.78, 5) is 14.4. The molecule has 0 saturated carbocycles. The molecule has 1 saturated heterocycles. The van der Waals surface area contributed by atoms with Crippen LogP contribution in [0.5, 0.6) is 0 Å². The van der Waals surface area contributed by atoms with Crippen LogP contribution in [0.1, 0.15) is 24.3 Å². The number of rotatable bonds is 5. The quantitative estimate of drug-likeness (QED) is 0.477. The number of carbonyl (C=O) groups is 1. The Hall–Kier alpha value is -3.00. The third-order valence-electron chi connectivity index (χ3n) is 6.76. The van der Waals surface area contributed by atoms with E-state index >= 15 is 0 Å². The third kappa shape index (κ3) is 5.96. The molecule has 1 amide bonds. The van der Waals surface area contributed by atoms with E-state index in [0.29, 0.717) is 22.6 Å². The third-order valence-corrected chi connectivity index (χ3v) is 8.82. The second kappa shape index (κ2) is 10.5. The number of aromatic nitrogens is 2. The van der Waals surface area contributed by atoms with Gasteiger partial charge in [0.15, 0.2) is 15.9 Å². The Morgan fingerprint density at radius 1 is 1.13 bits per heavy atom. The largest absolute Gasteiger partial charge is 0.421 e. The van der Waals surface area contributed by atoms with E-state index in [9.17, 15) is 26.4 Å². The van der Waals surface area contributed by atoms with Gasteiger partial charge in [-0.05, 0) is 54.7 Å². The number of amides is 1. The van der Waals surface area contributed by atoms with Gasteiger partial charge in [0.25, 0.3) is 0 Å². The maximum Gasteiger partial charge on any atom is 0.414 e. The Balaban J connectivity index is 1.45. The van der Waals surface area contributed by atoms with Crippen LogP contribution in [-0.2, 0) is 32.3 Å². The molecule has 3 aromatic rings. The molecule has 0 radical (unpaired) electrons. The Labute approximate surface area is 227 Å². The van der Waals surface area contributed by atoms with Gasteiger partial charge in [-0.2, -0.15) is 13.2 Å². The number of alkyl halides is 3. The summed E-state index contributed by atoms with van der Waals surface area (Å²) in [5, 5.41) is 8.51. The first-order chi connectivity index (χ1) is 18.4. The van der Waals surface area contributed by atoms with Gasteiger partial charge in [-0.1, -0.05) is 23.7 Å². The van der Waals surface area contributed by atoms with E-state index in [1.165, 1.54) is 23.1 Å². The number of hydrogen-bond donors (Lipinski definition) is 1. The van der Waals surface area contributed by atoms with Crippen LogP contribution in [0.15, 0.2) is 51.8 Å². The summed E-state index contributed by atoms with van der Waals surface area (Å²) in [7, 11) is -3.90. The average Bonchev–Trinajstić information content (AvgIpc) is 3.33. The number of fused-ring (bicyclic) bond motifs is 1. The van der Waals surface area contributed by atoms with E-state index in [0.717, 1.165) is 0 Å². The minimum Gasteiger partial charge on any atom is -0.421 e. The maximum absolute atomic E-state index is 13.2. The van der Waals surface area contributed by atoms with Crippen LogP contribution >= 0.6 is 11.6 Å². The van der Waals surface area contributed by atoms with Gasteiger partial charge in [-0.25, -0.2) is 8.42 Å². The number of ether oxygens (including phenoxy) is 1. The molecule has 2 unspecified atom stereocenters. The number of sulfone groups is 1. The number of nitrogens with zero attached hydrogens (tertiary/aromatic N) is 3. The molecule has 1 fully saturated rings. The number of halogens is 4. The van der Waals surface area contributed by atoms with Crippen LogP contribution in [0.4, 0.5) is 18.9 Å². The fourth-order valence-corrected chi connectivity index (χ4v) is 6.44. The fraction of sp³-hybridized carbons (Fsp3) is 0.400.